The number of aldehydes is 1. The molecule has 3 nitrogen and oxygen atoms in total. The van der Waals surface area contributed by atoms with Crippen LogP contribution in [0.2, 0.25) is 0 Å². The standard InChI is InChI=1S/C10H16N2O/c1-3-4-9(2)6-12-7-10(8-13)5-11-12/h5,7-9H,3-4,6H2,1-2H3. The Kier molecular flexibility index (Phi) is 3.68. The van der Waals surface area contributed by atoms with Gasteiger partial charge in [-0.05, 0) is 12.3 Å². The predicted molar refractivity (Wildman–Crippen MR) is 51.7 cm³/mol. The molecular weight excluding hydrogens is 164 g/mol. The second kappa shape index (κ2) is 4.80. The minimum Gasteiger partial charge on any atom is -0.298 e. The van der Waals surface area contributed by atoms with Crippen molar-refractivity contribution in [3.63, 3.8) is 0 Å². The van der Waals surface area contributed by atoms with Crippen LogP contribution < -0.4 is 0 Å². The lowest BCUT2D eigenvalue weighted by molar-refractivity contribution is 0.112. The molecule has 3 heteroatoms. The van der Waals surface area contributed by atoms with Gasteiger partial charge in [0.1, 0.15) is 0 Å². The van der Waals surface area contributed by atoms with Gasteiger partial charge in [0.15, 0.2) is 6.29 Å². The largest absolute Gasteiger partial charge is 0.298 e. The lowest BCUT2D eigenvalue weighted by Crippen LogP contribution is -2.07. The zero-order valence-corrected chi connectivity index (χ0v) is 8.23. The van der Waals surface area contributed by atoms with Crippen LogP contribution >= 0.6 is 0 Å². The van der Waals surface area contributed by atoms with Gasteiger partial charge in [0.2, 0.25) is 0 Å². The number of hydrogen-bond donors (Lipinski definition) is 0. The van der Waals surface area contributed by atoms with Crippen molar-refractivity contribution >= 4 is 6.29 Å². The van der Waals surface area contributed by atoms with Crippen LogP contribution in [0.3, 0.4) is 0 Å². The summed E-state index contributed by atoms with van der Waals surface area (Å²) in [6.07, 6.45) is 6.62. The van der Waals surface area contributed by atoms with Gasteiger partial charge in [0, 0.05) is 12.7 Å². The summed E-state index contributed by atoms with van der Waals surface area (Å²) in [4.78, 5) is 10.4. The monoisotopic (exact) mass is 180 g/mol. The summed E-state index contributed by atoms with van der Waals surface area (Å²) < 4.78 is 1.84. The van der Waals surface area contributed by atoms with Gasteiger partial charge in [-0.2, -0.15) is 5.10 Å². The zero-order valence-electron chi connectivity index (χ0n) is 8.23. The highest BCUT2D eigenvalue weighted by molar-refractivity contribution is 5.73. The molecule has 0 fully saturated rings. The highest BCUT2D eigenvalue weighted by atomic mass is 16.1. The first-order chi connectivity index (χ1) is 6.26. The van der Waals surface area contributed by atoms with Crippen LogP contribution in [0.4, 0.5) is 0 Å². The molecule has 13 heavy (non-hydrogen) atoms. The molecule has 0 bridgehead atoms. The second-order valence-corrected chi connectivity index (χ2v) is 3.51. The van der Waals surface area contributed by atoms with Crippen molar-refractivity contribution in [2.24, 2.45) is 5.92 Å². The van der Waals surface area contributed by atoms with Gasteiger partial charge in [-0.1, -0.05) is 20.3 Å². The maximum atomic E-state index is 10.4. The normalized spacial score (nSPS) is 12.8. The minimum atomic E-state index is 0.629. The summed E-state index contributed by atoms with van der Waals surface area (Å²) in [6.45, 7) is 5.28. The molecule has 0 aromatic carbocycles. The zero-order chi connectivity index (χ0) is 9.68. The van der Waals surface area contributed by atoms with E-state index in [0.29, 0.717) is 11.5 Å². The number of carbonyl (C=O) groups excluding carboxylic acids is 1. The molecule has 0 radical (unpaired) electrons. The molecule has 1 atom stereocenters. The number of aromatic nitrogens is 2. The third kappa shape index (κ3) is 3.01. The Balaban J connectivity index is 2.48. The smallest absolute Gasteiger partial charge is 0.153 e. The lowest BCUT2D eigenvalue weighted by atomic mass is 10.1. The molecule has 0 N–H and O–H groups in total. The molecular formula is C10H16N2O. The van der Waals surface area contributed by atoms with Crippen LogP contribution in [0.5, 0.6) is 0 Å². The molecule has 0 aliphatic rings. The van der Waals surface area contributed by atoms with Crippen molar-refractivity contribution in [1.29, 1.82) is 0 Å². The first-order valence-corrected chi connectivity index (χ1v) is 4.74. The minimum absolute atomic E-state index is 0.629. The molecule has 1 aromatic heterocycles. The quantitative estimate of drug-likeness (QED) is 0.650. The Labute approximate surface area is 78.8 Å². The molecule has 1 rings (SSSR count). The third-order valence-electron chi connectivity index (χ3n) is 2.07. The summed E-state index contributed by atoms with van der Waals surface area (Å²) in [5, 5.41) is 4.09. The number of hydrogen-bond acceptors (Lipinski definition) is 2. The summed E-state index contributed by atoms with van der Waals surface area (Å²) in [7, 11) is 0. The average Bonchev–Trinajstić information content (AvgIpc) is 2.52. The van der Waals surface area contributed by atoms with E-state index in [9.17, 15) is 4.79 Å². The summed E-state index contributed by atoms with van der Waals surface area (Å²) in [5.41, 5.74) is 0.656. The fourth-order valence-electron chi connectivity index (χ4n) is 1.44. The van der Waals surface area contributed by atoms with Gasteiger partial charge < -0.3 is 0 Å². The lowest BCUT2D eigenvalue weighted by Gasteiger charge is -2.08. The summed E-state index contributed by atoms with van der Waals surface area (Å²) in [5.74, 6) is 0.629. The summed E-state index contributed by atoms with van der Waals surface area (Å²) >= 11 is 0. The van der Waals surface area contributed by atoms with Gasteiger partial charge in [-0.3, -0.25) is 9.48 Å². The Bertz CT molecular complexity index is 268. The highest BCUT2D eigenvalue weighted by Crippen LogP contribution is 2.07. The van der Waals surface area contributed by atoms with Gasteiger partial charge >= 0.3 is 0 Å². The van der Waals surface area contributed by atoms with Crippen molar-refractivity contribution < 1.29 is 4.79 Å². The molecule has 1 unspecified atom stereocenters. The van der Waals surface area contributed by atoms with Crippen molar-refractivity contribution in [3.05, 3.63) is 18.0 Å². The SMILES string of the molecule is CCCC(C)Cn1cc(C=O)cn1. The maximum Gasteiger partial charge on any atom is 0.153 e. The Morgan fingerprint density at radius 1 is 1.69 bits per heavy atom. The van der Waals surface area contributed by atoms with Crippen molar-refractivity contribution in [1.82, 2.24) is 9.78 Å². The van der Waals surface area contributed by atoms with E-state index in [2.05, 4.69) is 18.9 Å². The van der Waals surface area contributed by atoms with E-state index in [4.69, 9.17) is 0 Å². The van der Waals surface area contributed by atoms with Crippen LogP contribution in [0.15, 0.2) is 12.4 Å². The van der Waals surface area contributed by atoms with E-state index >= 15 is 0 Å². The third-order valence-corrected chi connectivity index (χ3v) is 2.07. The molecule has 0 spiro atoms. The maximum absolute atomic E-state index is 10.4. The van der Waals surface area contributed by atoms with E-state index < -0.39 is 0 Å². The average molecular weight is 180 g/mol. The fraction of sp³-hybridized carbons (Fsp3) is 0.600. The first kappa shape index (κ1) is 9.96. The Morgan fingerprint density at radius 2 is 2.46 bits per heavy atom. The first-order valence-electron chi connectivity index (χ1n) is 4.74. The summed E-state index contributed by atoms with van der Waals surface area (Å²) in [6, 6.07) is 0. The van der Waals surface area contributed by atoms with Gasteiger partial charge in [0.05, 0.1) is 11.8 Å². The fourth-order valence-corrected chi connectivity index (χ4v) is 1.44. The molecule has 1 aromatic rings. The molecule has 0 aliphatic heterocycles. The van der Waals surface area contributed by atoms with Crippen LogP contribution in [0, 0.1) is 5.92 Å². The number of rotatable bonds is 5. The molecule has 0 amide bonds. The van der Waals surface area contributed by atoms with Gasteiger partial charge in [0.25, 0.3) is 0 Å². The van der Waals surface area contributed by atoms with Gasteiger partial charge in [-0.15, -0.1) is 0 Å². The van der Waals surface area contributed by atoms with E-state index in [1.165, 1.54) is 12.8 Å². The van der Waals surface area contributed by atoms with Gasteiger partial charge in [-0.25, -0.2) is 0 Å². The van der Waals surface area contributed by atoms with Crippen LogP contribution in [-0.4, -0.2) is 16.1 Å². The topological polar surface area (TPSA) is 34.9 Å². The van der Waals surface area contributed by atoms with E-state index in [1.54, 1.807) is 12.4 Å². The van der Waals surface area contributed by atoms with E-state index in [1.807, 2.05) is 4.68 Å². The van der Waals surface area contributed by atoms with Crippen LogP contribution in [0.1, 0.15) is 37.0 Å². The molecule has 0 saturated carbocycles. The molecule has 72 valence electrons. The number of carbonyl (C=O) groups is 1. The van der Waals surface area contributed by atoms with Crippen molar-refractivity contribution in [2.45, 2.75) is 33.2 Å². The van der Waals surface area contributed by atoms with E-state index in [0.717, 1.165) is 12.8 Å². The van der Waals surface area contributed by atoms with Crippen LogP contribution in [-0.2, 0) is 6.54 Å². The van der Waals surface area contributed by atoms with Crippen LogP contribution in [0.25, 0.3) is 0 Å². The van der Waals surface area contributed by atoms with E-state index in [-0.39, 0.29) is 0 Å². The van der Waals surface area contributed by atoms with Crippen molar-refractivity contribution in [3.8, 4) is 0 Å². The second-order valence-electron chi connectivity index (χ2n) is 3.51. The molecule has 0 saturated heterocycles. The van der Waals surface area contributed by atoms with Crippen molar-refractivity contribution in [2.75, 3.05) is 0 Å². The molecule has 1 heterocycles. The molecule has 0 aliphatic carbocycles. The Hall–Kier alpha value is -1.12. The Morgan fingerprint density at radius 3 is 3.00 bits per heavy atom. The predicted octanol–water partition coefficient (Wildman–Crippen LogP) is 2.13. The number of nitrogens with zero attached hydrogens (tertiary/aromatic N) is 2. The highest BCUT2D eigenvalue weighted by Gasteiger charge is 2.03.